The largest absolute Gasteiger partial charge is 0.444 e. The molecule has 2 heterocycles. The van der Waals surface area contributed by atoms with Crippen LogP contribution < -0.4 is 10.6 Å². The molecule has 3 atom stereocenters. The van der Waals surface area contributed by atoms with Crippen LogP contribution in [0.3, 0.4) is 0 Å². The second-order valence-corrected chi connectivity index (χ2v) is 23.4. The Kier molecular flexibility index (Phi) is 15.4. The number of benzene rings is 1. The van der Waals surface area contributed by atoms with Gasteiger partial charge in [-0.25, -0.2) is 9.78 Å². The third-order valence-corrected chi connectivity index (χ3v) is 15.6. The fourth-order valence-electron chi connectivity index (χ4n) is 6.05. The number of ether oxygens (including phenoxy) is 1. The van der Waals surface area contributed by atoms with Gasteiger partial charge in [-0.15, -0.1) is 11.3 Å². The van der Waals surface area contributed by atoms with Crippen molar-refractivity contribution in [2.24, 2.45) is 5.41 Å². The fraction of sp³-hybridized carbons (Fsp3) is 0.675. The van der Waals surface area contributed by atoms with Crippen LogP contribution in [0.1, 0.15) is 99.3 Å². The molecule has 2 aromatic rings. The quantitative estimate of drug-likeness (QED) is 0.103. The molecule has 0 bridgehead atoms. The number of nitrogens with zero attached hydrogens (tertiary/aromatic N) is 3. The fourth-order valence-corrected chi connectivity index (χ4v) is 8.22. The van der Waals surface area contributed by atoms with E-state index in [1.165, 1.54) is 0 Å². The number of aldehydes is 1. The van der Waals surface area contributed by atoms with Crippen LogP contribution in [-0.2, 0) is 30.1 Å². The smallest absolute Gasteiger partial charge is 0.410 e. The van der Waals surface area contributed by atoms with Crippen molar-refractivity contribution in [2.45, 2.75) is 143 Å². The Balaban J connectivity index is 1.79. The molecule has 1 aromatic carbocycles. The zero-order valence-electron chi connectivity index (χ0n) is 34.3. The number of hydrogen-bond acceptors (Lipinski definition) is 9. The number of likely N-dealkylation sites (tertiary alicyclic amines) is 1. The molecule has 53 heavy (non-hydrogen) atoms. The van der Waals surface area contributed by atoms with E-state index in [0.717, 1.165) is 28.0 Å². The molecule has 296 valence electrons. The van der Waals surface area contributed by atoms with E-state index in [-0.39, 0.29) is 23.0 Å². The number of aromatic nitrogens is 1. The number of unbranched alkanes of at least 4 members (excludes halogenated alkanes) is 2. The van der Waals surface area contributed by atoms with Crippen LogP contribution in [0.5, 0.6) is 0 Å². The molecule has 1 aliphatic heterocycles. The predicted octanol–water partition coefficient (Wildman–Crippen LogP) is 7.34. The highest BCUT2D eigenvalue weighted by Gasteiger charge is 2.47. The highest BCUT2D eigenvalue weighted by atomic mass is 32.1. The molecule has 0 radical (unpaired) electrons. The number of aryl methyl sites for hydroxylation is 1. The average molecular weight is 772 g/mol. The number of hydrogen-bond donors (Lipinski definition) is 2. The van der Waals surface area contributed by atoms with Crippen LogP contribution >= 0.6 is 11.3 Å². The van der Waals surface area contributed by atoms with Gasteiger partial charge < -0.3 is 34.4 Å². The van der Waals surface area contributed by atoms with Crippen molar-refractivity contribution in [3.63, 3.8) is 0 Å². The first-order chi connectivity index (χ1) is 24.5. The van der Waals surface area contributed by atoms with Gasteiger partial charge in [0.05, 0.1) is 28.2 Å². The molecule has 3 rings (SSSR count). The molecule has 1 unspecified atom stereocenters. The van der Waals surface area contributed by atoms with Crippen molar-refractivity contribution < 1.29 is 28.3 Å². The maximum atomic E-state index is 14.6. The van der Waals surface area contributed by atoms with E-state index in [9.17, 15) is 19.2 Å². The highest BCUT2D eigenvalue weighted by molar-refractivity contribution is 7.13. The van der Waals surface area contributed by atoms with Crippen LogP contribution in [-0.4, -0.2) is 97.3 Å². The van der Waals surface area contributed by atoms with Crippen molar-refractivity contribution in [1.29, 1.82) is 0 Å². The third-order valence-electron chi connectivity index (χ3n) is 10.0. The Labute approximate surface area is 323 Å². The van der Waals surface area contributed by atoms with Crippen LogP contribution in [0.25, 0.3) is 10.4 Å². The van der Waals surface area contributed by atoms with Crippen LogP contribution in [0.4, 0.5) is 4.79 Å². The van der Waals surface area contributed by atoms with E-state index in [1.807, 2.05) is 78.2 Å². The summed E-state index contributed by atoms with van der Waals surface area (Å²) in [5, 5.41) is 6.53. The molecule has 3 amide bonds. The Morgan fingerprint density at radius 1 is 1.04 bits per heavy atom. The lowest BCUT2D eigenvalue weighted by Crippen LogP contribution is -2.57. The molecular weight excluding hydrogens is 707 g/mol. The summed E-state index contributed by atoms with van der Waals surface area (Å²) in [6, 6.07) is 6.79. The van der Waals surface area contributed by atoms with Gasteiger partial charge in [0.2, 0.25) is 11.8 Å². The maximum Gasteiger partial charge on any atom is 0.410 e. The van der Waals surface area contributed by atoms with Gasteiger partial charge in [0.1, 0.15) is 17.9 Å². The number of carbonyl (C=O) groups is 4. The van der Waals surface area contributed by atoms with Crippen molar-refractivity contribution in [3.05, 3.63) is 41.0 Å². The number of amides is 3. The molecule has 0 spiro atoms. The Morgan fingerprint density at radius 3 is 2.25 bits per heavy atom. The standard InChI is InChI=1S/C40H65N5O6SSi/c1-28-33(52-27-43-28)30-18-16-29(17-19-30)25-42-35(47)32-24-31(51-53(11,12)40(8,9)10)26-45(32)36(48)34(38(2,3)4)41-20-22-44(21-14-13-15-23-46)37(49)50-39(5,6)7/h16-19,23,27,31-32,34,41H,13-15,20-22,24-26H2,1-12H3,(H,42,47)/t31?,32-,34+/m0/s1. The van der Waals surface area contributed by atoms with E-state index in [1.54, 1.807) is 21.1 Å². The molecular formula is C40H65N5O6SSi. The van der Waals surface area contributed by atoms with Crippen LogP contribution in [0.2, 0.25) is 18.1 Å². The summed E-state index contributed by atoms with van der Waals surface area (Å²) >= 11 is 1.60. The minimum absolute atomic E-state index is 0.0329. The summed E-state index contributed by atoms with van der Waals surface area (Å²) in [6.07, 6.45) is 2.37. The minimum atomic E-state index is -2.20. The van der Waals surface area contributed by atoms with E-state index in [4.69, 9.17) is 9.16 Å². The number of nitrogens with one attached hydrogen (secondary N) is 2. The summed E-state index contributed by atoms with van der Waals surface area (Å²) in [5.74, 6) is -0.376. The summed E-state index contributed by atoms with van der Waals surface area (Å²) in [7, 11) is -2.20. The SMILES string of the molecule is Cc1ncsc1-c1ccc(CNC(=O)[C@@H]2CC(O[Si](C)(C)C(C)(C)C)CN2C(=O)[C@@H](NCCN(CCCCC=O)C(=O)OC(C)(C)C)C(C)(C)C)cc1. The lowest BCUT2D eigenvalue weighted by atomic mass is 9.85. The second-order valence-electron chi connectivity index (χ2n) is 17.8. The van der Waals surface area contributed by atoms with Gasteiger partial charge in [-0.1, -0.05) is 65.8 Å². The van der Waals surface area contributed by atoms with Crippen molar-refractivity contribution in [2.75, 3.05) is 26.2 Å². The first kappa shape index (κ1) is 44.3. The lowest BCUT2D eigenvalue weighted by molar-refractivity contribution is -0.142. The Hall–Kier alpha value is -3.13. The molecule has 1 aliphatic rings. The van der Waals surface area contributed by atoms with E-state index < -0.39 is 37.5 Å². The molecule has 11 nitrogen and oxygen atoms in total. The van der Waals surface area contributed by atoms with Gasteiger partial charge in [0, 0.05) is 45.6 Å². The van der Waals surface area contributed by atoms with Crippen LogP contribution in [0, 0.1) is 12.3 Å². The molecule has 0 aliphatic carbocycles. The summed E-state index contributed by atoms with van der Waals surface area (Å²) in [5.41, 5.74) is 3.72. The van der Waals surface area contributed by atoms with Gasteiger partial charge in [0.25, 0.3) is 0 Å². The highest BCUT2D eigenvalue weighted by Crippen LogP contribution is 2.39. The summed E-state index contributed by atoms with van der Waals surface area (Å²) in [4.78, 5) is 61.4. The molecule has 2 N–H and O–H groups in total. The predicted molar refractivity (Wildman–Crippen MR) is 215 cm³/mol. The second kappa shape index (κ2) is 18.5. The summed E-state index contributed by atoms with van der Waals surface area (Å²) < 4.78 is 12.5. The van der Waals surface area contributed by atoms with Gasteiger partial charge in [-0.2, -0.15) is 0 Å². The lowest BCUT2D eigenvalue weighted by Gasteiger charge is -2.38. The zero-order chi connectivity index (χ0) is 39.8. The van der Waals surface area contributed by atoms with E-state index in [0.29, 0.717) is 58.4 Å². The average Bonchev–Trinajstić information content (AvgIpc) is 3.66. The first-order valence-corrected chi connectivity index (χ1v) is 22.7. The van der Waals surface area contributed by atoms with Gasteiger partial charge in [0.15, 0.2) is 8.32 Å². The van der Waals surface area contributed by atoms with Gasteiger partial charge >= 0.3 is 6.09 Å². The van der Waals surface area contributed by atoms with Gasteiger partial charge in [-0.05, 0) is 75.2 Å². The monoisotopic (exact) mass is 771 g/mol. The molecule has 1 aromatic heterocycles. The zero-order valence-corrected chi connectivity index (χ0v) is 36.1. The molecule has 1 saturated heterocycles. The van der Waals surface area contributed by atoms with E-state index >= 15 is 0 Å². The van der Waals surface area contributed by atoms with Gasteiger partial charge in [-0.3, -0.25) is 9.59 Å². The maximum absolute atomic E-state index is 14.6. The first-order valence-electron chi connectivity index (χ1n) is 18.9. The molecule has 0 saturated carbocycles. The van der Waals surface area contributed by atoms with Crippen molar-refractivity contribution >= 4 is 43.8 Å². The number of rotatable bonds is 16. The summed E-state index contributed by atoms with van der Waals surface area (Å²) in [6.45, 7) is 26.2. The third kappa shape index (κ3) is 13.0. The number of thiazole rings is 1. The Morgan fingerprint density at radius 2 is 1.70 bits per heavy atom. The topological polar surface area (TPSA) is 130 Å². The normalized spacial score (nSPS) is 17.4. The van der Waals surface area contributed by atoms with Crippen molar-refractivity contribution in [1.82, 2.24) is 25.4 Å². The molecule has 1 fully saturated rings. The molecule has 13 heteroatoms. The van der Waals surface area contributed by atoms with E-state index in [2.05, 4.69) is 49.5 Å². The minimum Gasteiger partial charge on any atom is -0.444 e. The van der Waals surface area contributed by atoms with Crippen molar-refractivity contribution in [3.8, 4) is 10.4 Å². The number of carbonyl (C=O) groups excluding carboxylic acids is 4. The van der Waals surface area contributed by atoms with Crippen LogP contribution in [0.15, 0.2) is 29.8 Å². The Bertz CT molecular complexity index is 1530.